The molecular formula is C18H26N2O3. The second kappa shape index (κ2) is 7.79. The van der Waals surface area contributed by atoms with E-state index in [4.69, 9.17) is 4.74 Å². The molecule has 1 aromatic carbocycles. The number of carbonyl (C=O) groups excluding carboxylic acids is 1. The Hall–Kier alpha value is -1.59. The van der Waals surface area contributed by atoms with Gasteiger partial charge in [-0.15, -0.1) is 0 Å². The molecule has 0 radical (unpaired) electrons. The van der Waals surface area contributed by atoms with Crippen molar-refractivity contribution in [3.63, 3.8) is 0 Å². The van der Waals surface area contributed by atoms with Crippen LogP contribution in [0.15, 0.2) is 24.3 Å². The first-order chi connectivity index (χ1) is 11.3. The largest absolute Gasteiger partial charge is 0.396 e. The van der Waals surface area contributed by atoms with Crippen LogP contribution in [-0.2, 0) is 4.74 Å². The van der Waals surface area contributed by atoms with Gasteiger partial charge in [-0.25, -0.2) is 0 Å². The Morgan fingerprint density at radius 1 is 1.30 bits per heavy atom. The van der Waals surface area contributed by atoms with Crippen LogP contribution in [0, 0.1) is 5.92 Å². The van der Waals surface area contributed by atoms with Crippen molar-refractivity contribution in [2.75, 3.05) is 38.2 Å². The summed E-state index contributed by atoms with van der Waals surface area (Å²) in [5.41, 5.74) is 1.72. The lowest BCUT2D eigenvalue weighted by atomic mass is 9.98. The quantitative estimate of drug-likeness (QED) is 0.893. The lowest BCUT2D eigenvalue weighted by molar-refractivity contribution is 0.0620. The molecule has 2 heterocycles. The van der Waals surface area contributed by atoms with E-state index in [1.54, 1.807) is 0 Å². The zero-order valence-electron chi connectivity index (χ0n) is 13.5. The van der Waals surface area contributed by atoms with Crippen molar-refractivity contribution >= 4 is 11.6 Å². The molecule has 5 nitrogen and oxygen atoms in total. The van der Waals surface area contributed by atoms with Gasteiger partial charge in [0.1, 0.15) is 0 Å². The number of hydrogen-bond acceptors (Lipinski definition) is 4. The van der Waals surface area contributed by atoms with Gasteiger partial charge in [-0.2, -0.15) is 0 Å². The lowest BCUT2D eigenvalue weighted by Crippen LogP contribution is -2.41. The molecule has 0 spiro atoms. The molecule has 126 valence electrons. The van der Waals surface area contributed by atoms with Gasteiger partial charge in [0.15, 0.2) is 0 Å². The van der Waals surface area contributed by atoms with E-state index in [9.17, 15) is 9.90 Å². The minimum Gasteiger partial charge on any atom is -0.396 e. The summed E-state index contributed by atoms with van der Waals surface area (Å²) in [5.74, 6) is 0.287. The number of likely N-dealkylation sites (tertiary alicyclic amines) is 1. The Morgan fingerprint density at radius 2 is 2.13 bits per heavy atom. The van der Waals surface area contributed by atoms with Crippen LogP contribution in [0.5, 0.6) is 0 Å². The number of benzene rings is 1. The Kier molecular flexibility index (Phi) is 5.51. The summed E-state index contributed by atoms with van der Waals surface area (Å²) in [4.78, 5) is 14.6. The van der Waals surface area contributed by atoms with Crippen molar-refractivity contribution in [2.45, 2.75) is 31.7 Å². The van der Waals surface area contributed by atoms with Crippen LogP contribution in [0.4, 0.5) is 5.69 Å². The Bertz CT molecular complexity index is 529. The number of piperidine rings is 1. The number of nitrogens with zero attached hydrogens (tertiary/aromatic N) is 1. The third kappa shape index (κ3) is 4.24. The monoisotopic (exact) mass is 318 g/mol. The minimum absolute atomic E-state index is 0.0683. The molecule has 2 saturated heterocycles. The highest BCUT2D eigenvalue weighted by molar-refractivity contribution is 5.95. The van der Waals surface area contributed by atoms with E-state index in [1.807, 2.05) is 29.2 Å². The second-order valence-electron chi connectivity index (χ2n) is 6.55. The van der Waals surface area contributed by atoms with Gasteiger partial charge in [0, 0.05) is 50.2 Å². The van der Waals surface area contributed by atoms with E-state index in [-0.39, 0.29) is 18.4 Å². The highest BCUT2D eigenvalue weighted by Crippen LogP contribution is 2.21. The maximum atomic E-state index is 12.7. The molecule has 1 atom stereocenters. The second-order valence-corrected chi connectivity index (χ2v) is 6.55. The van der Waals surface area contributed by atoms with Gasteiger partial charge in [0.05, 0.1) is 0 Å². The molecule has 2 aliphatic heterocycles. The van der Waals surface area contributed by atoms with Crippen LogP contribution in [0.25, 0.3) is 0 Å². The third-order valence-corrected chi connectivity index (χ3v) is 4.77. The number of rotatable bonds is 4. The highest BCUT2D eigenvalue weighted by atomic mass is 16.5. The van der Waals surface area contributed by atoms with Crippen molar-refractivity contribution in [3.05, 3.63) is 29.8 Å². The zero-order chi connectivity index (χ0) is 16.1. The number of hydrogen-bond donors (Lipinski definition) is 2. The SMILES string of the molecule is O=C(c1cccc(NC2CCOCC2)c1)N1CCCC(CO)C1. The highest BCUT2D eigenvalue weighted by Gasteiger charge is 2.24. The number of nitrogens with one attached hydrogen (secondary N) is 1. The number of carbonyl (C=O) groups is 1. The van der Waals surface area contributed by atoms with Gasteiger partial charge in [0.25, 0.3) is 5.91 Å². The summed E-state index contributed by atoms with van der Waals surface area (Å²) >= 11 is 0. The summed E-state index contributed by atoms with van der Waals surface area (Å²) < 4.78 is 5.38. The molecule has 2 aliphatic rings. The average Bonchev–Trinajstić information content (AvgIpc) is 2.62. The fraction of sp³-hybridized carbons (Fsp3) is 0.611. The first-order valence-corrected chi connectivity index (χ1v) is 8.61. The molecule has 2 fully saturated rings. The van der Waals surface area contributed by atoms with Crippen molar-refractivity contribution in [1.82, 2.24) is 4.90 Å². The van der Waals surface area contributed by atoms with E-state index >= 15 is 0 Å². The predicted octanol–water partition coefficient (Wildman–Crippen LogP) is 2.12. The van der Waals surface area contributed by atoms with E-state index in [0.29, 0.717) is 12.6 Å². The molecule has 1 unspecified atom stereocenters. The molecule has 0 bridgehead atoms. The van der Waals surface area contributed by atoms with E-state index in [0.717, 1.165) is 56.7 Å². The molecule has 0 aliphatic carbocycles. The number of aliphatic hydroxyl groups excluding tert-OH is 1. The van der Waals surface area contributed by atoms with E-state index < -0.39 is 0 Å². The molecule has 1 aromatic rings. The van der Waals surface area contributed by atoms with Gasteiger partial charge in [-0.05, 0) is 49.8 Å². The Labute approximate surface area is 137 Å². The first kappa shape index (κ1) is 16.3. The van der Waals surface area contributed by atoms with Gasteiger partial charge in [-0.3, -0.25) is 4.79 Å². The molecule has 5 heteroatoms. The summed E-state index contributed by atoms with van der Waals surface area (Å²) in [7, 11) is 0. The molecule has 0 aromatic heterocycles. The maximum absolute atomic E-state index is 12.7. The Balaban J connectivity index is 1.65. The molecule has 1 amide bonds. The molecule has 23 heavy (non-hydrogen) atoms. The molecular weight excluding hydrogens is 292 g/mol. The van der Waals surface area contributed by atoms with Gasteiger partial charge >= 0.3 is 0 Å². The lowest BCUT2D eigenvalue weighted by Gasteiger charge is -2.32. The summed E-state index contributed by atoms with van der Waals surface area (Å²) in [6.45, 7) is 3.20. The van der Waals surface area contributed by atoms with Gasteiger partial charge < -0.3 is 20.1 Å². The number of anilines is 1. The zero-order valence-corrected chi connectivity index (χ0v) is 13.5. The molecule has 2 N–H and O–H groups in total. The summed E-state index contributed by atoms with van der Waals surface area (Å²) in [6.07, 6.45) is 3.98. The van der Waals surface area contributed by atoms with E-state index in [2.05, 4.69) is 5.32 Å². The fourth-order valence-corrected chi connectivity index (χ4v) is 3.40. The number of aliphatic hydroxyl groups is 1. The van der Waals surface area contributed by atoms with Gasteiger partial charge in [0.2, 0.25) is 0 Å². The first-order valence-electron chi connectivity index (χ1n) is 8.61. The van der Waals surface area contributed by atoms with Crippen molar-refractivity contribution < 1.29 is 14.6 Å². The van der Waals surface area contributed by atoms with Crippen molar-refractivity contribution in [3.8, 4) is 0 Å². The topological polar surface area (TPSA) is 61.8 Å². The van der Waals surface area contributed by atoms with Gasteiger partial charge in [-0.1, -0.05) is 6.07 Å². The molecule has 0 saturated carbocycles. The number of ether oxygens (including phenoxy) is 1. The molecule has 3 rings (SSSR count). The normalized spacial score (nSPS) is 22.8. The summed E-state index contributed by atoms with van der Waals surface area (Å²) in [5, 5.41) is 12.8. The average molecular weight is 318 g/mol. The summed E-state index contributed by atoms with van der Waals surface area (Å²) in [6, 6.07) is 8.18. The van der Waals surface area contributed by atoms with Crippen LogP contribution in [-0.4, -0.2) is 54.9 Å². The van der Waals surface area contributed by atoms with Crippen molar-refractivity contribution in [1.29, 1.82) is 0 Å². The van der Waals surface area contributed by atoms with Crippen LogP contribution < -0.4 is 5.32 Å². The van der Waals surface area contributed by atoms with Crippen LogP contribution in [0.1, 0.15) is 36.0 Å². The minimum atomic E-state index is 0.0683. The van der Waals surface area contributed by atoms with E-state index in [1.165, 1.54) is 0 Å². The predicted molar refractivity (Wildman–Crippen MR) is 89.6 cm³/mol. The third-order valence-electron chi connectivity index (χ3n) is 4.77. The van der Waals surface area contributed by atoms with Crippen LogP contribution >= 0.6 is 0 Å². The maximum Gasteiger partial charge on any atom is 0.253 e. The van der Waals surface area contributed by atoms with Crippen molar-refractivity contribution in [2.24, 2.45) is 5.92 Å². The van der Waals surface area contributed by atoms with Crippen LogP contribution in [0.2, 0.25) is 0 Å². The smallest absolute Gasteiger partial charge is 0.253 e. The fourth-order valence-electron chi connectivity index (χ4n) is 3.40. The van der Waals surface area contributed by atoms with Crippen LogP contribution in [0.3, 0.4) is 0 Å². The standard InChI is InChI=1S/C18H26N2O3/c21-13-14-3-2-8-20(12-14)18(22)15-4-1-5-17(11-15)19-16-6-9-23-10-7-16/h1,4-5,11,14,16,19,21H,2-3,6-10,12-13H2. The number of amides is 1. The Morgan fingerprint density at radius 3 is 2.91 bits per heavy atom.